The van der Waals surface area contributed by atoms with E-state index in [2.05, 4.69) is 10.6 Å². The second-order valence-electron chi connectivity index (χ2n) is 5.97. The van der Waals surface area contributed by atoms with Gasteiger partial charge in [-0.3, -0.25) is 0 Å². The maximum Gasteiger partial charge on any atom is 0.416 e. The van der Waals surface area contributed by atoms with Crippen molar-refractivity contribution in [3.8, 4) is 0 Å². The average Bonchev–Trinajstić information content (AvgIpc) is 2.83. The van der Waals surface area contributed by atoms with Crippen molar-refractivity contribution in [1.82, 2.24) is 5.32 Å². The number of hydrogen-bond acceptors (Lipinski definition) is 2. The zero-order valence-electron chi connectivity index (χ0n) is 15.0. The van der Waals surface area contributed by atoms with Gasteiger partial charge in [-0.25, -0.2) is 4.39 Å². The molecular formula is C20H24F4N2. The third-order valence-electron chi connectivity index (χ3n) is 4.23. The van der Waals surface area contributed by atoms with E-state index in [0.29, 0.717) is 12.2 Å². The molecule has 0 radical (unpaired) electrons. The van der Waals surface area contributed by atoms with Gasteiger partial charge in [-0.1, -0.05) is 32.0 Å². The summed E-state index contributed by atoms with van der Waals surface area (Å²) in [6.45, 7) is 4.76. The number of rotatable bonds is 3. The Hall–Kier alpha value is -2.08. The first kappa shape index (κ1) is 20.2. The number of alkyl halides is 3. The van der Waals surface area contributed by atoms with Crippen LogP contribution in [0.1, 0.15) is 37.0 Å². The van der Waals surface area contributed by atoms with E-state index in [1.165, 1.54) is 18.2 Å². The molecule has 142 valence electrons. The predicted octanol–water partition coefficient (Wildman–Crippen LogP) is 5.39. The zero-order chi connectivity index (χ0) is 19.2. The molecule has 6 heteroatoms. The summed E-state index contributed by atoms with van der Waals surface area (Å²) >= 11 is 0. The summed E-state index contributed by atoms with van der Waals surface area (Å²) in [5, 5.41) is 6.31. The number of nitrogens with one attached hydrogen (secondary N) is 2. The minimum absolute atomic E-state index is 0.0137. The Labute approximate surface area is 151 Å². The summed E-state index contributed by atoms with van der Waals surface area (Å²) in [7, 11) is 0. The third-order valence-corrected chi connectivity index (χ3v) is 4.23. The van der Waals surface area contributed by atoms with Gasteiger partial charge in [0.1, 0.15) is 5.82 Å². The fourth-order valence-corrected chi connectivity index (χ4v) is 2.99. The fraction of sp³-hybridized carbons (Fsp3) is 0.400. The highest BCUT2D eigenvalue weighted by Gasteiger charge is 2.34. The van der Waals surface area contributed by atoms with Gasteiger partial charge in [-0.05, 0) is 42.7 Å². The molecule has 2 N–H and O–H groups in total. The summed E-state index contributed by atoms with van der Waals surface area (Å²) in [5.41, 5.74) is 1.19. The Balaban J connectivity index is 0.00000117. The minimum Gasteiger partial charge on any atom is -0.381 e. The number of halogens is 4. The van der Waals surface area contributed by atoms with Crippen molar-refractivity contribution >= 4 is 5.69 Å². The SMILES string of the molecule is CC.Fc1ccc(CCC2CNCc3c(cccc3C(F)(F)F)N2)cc1. The van der Waals surface area contributed by atoms with E-state index in [-0.39, 0.29) is 24.0 Å². The standard InChI is InChI=1S/C18H18F4N2.C2H6/c19-13-7-4-12(5-8-13)6-9-14-10-23-11-15-16(18(20,21)22)2-1-3-17(15)24-14;1-2/h1-5,7-8,14,23-24H,6,9-11H2;1-2H3. The number of fused-ring (bicyclic) bond motifs is 1. The quantitative estimate of drug-likeness (QED) is 0.710. The van der Waals surface area contributed by atoms with Crippen LogP contribution in [0, 0.1) is 5.82 Å². The van der Waals surface area contributed by atoms with Gasteiger partial charge in [0.2, 0.25) is 0 Å². The molecule has 1 atom stereocenters. The van der Waals surface area contributed by atoms with E-state index in [1.807, 2.05) is 13.8 Å². The Morgan fingerprint density at radius 1 is 1.04 bits per heavy atom. The average molecular weight is 368 g/mol. The van der Waals surface area contributed by atoms with Gasteiger partial charge in [-0.15, -0.1) is 0 Å². The molecule has 0 aromatic heterocycles. The monoisotopic (exact) mass is 368 g/mol. The second kappa shape index (κ2) is 9.03. The molecule has 0 aliphatic carbocycles. The van der Waals surface area contributed by atoms with Crippen LogP contribution < -0.4 is 10.6 Å². The Morgan fingerprint density at radius 3 is 2.38 bits per heavy atom. The predicted molar refractivity (Wildman–Crippen MR) is 96.6 cm³/mol. The molecule has 0 saturated heterocycles. The summed E-state index contributed by atoms with van der Waals surface area (Å²) in [4.78, 5) is 0. The van der Waals surface area contributed by atoms with Crippen LogP contribution in [0.2, 0.25) is 0 Å². The topological polar surface area (TPSA) is 24.1 Å². The molecule has 1 aliphatic rings. The first-order valence-corrected chi connectivity index (χ1v) is 8.84. The first-order chi connectivity index (χ1) is 12.4. The van der Waals surface area contributed by atoms with Crippen LogP contribution in [0.4, 0.5) is 23.2 Å². The normalized spacial score (nSPS) is 16.6. The summed E-state index contributed by atoms with van der Waals surface area (Å²) in [5.74, 6) is -0.276. The van der Waals surface area contributed by atoms with Crippen molar-refractivity contribution in [1.29, 1.82) is 0 Å². The molecule has 26 heavy (non-hydrogen) atoms. The van der Waals surface area contributed by atoms with Crippen LogP contribution in [0.15, 0.2) is 42.5 Å². The van der Waals surface area contributed by atoms with Gasteiger partial charge in [0.15, 0.2) is 0 Å². The van der Waals surface area contributed by atoms with Gasteiger partial charge >= 0.3 is 6.18 Å². The van der Waals surface area contributed by atoms with Crippen LogP contribution in [-0.4, -0.2) is 12.6 Å². The molecule has 0 spiro atoms. The lowest BCUT2D eigenvalue weighted by atomic mass is 10.0. The fourth-order valence-electron chi connectivity index (χ4n) is 2.99. The largest absolute Gasteiger partial charge is 0.416 e. The van der Waals surface area contributed by atoms with E-state index in [0.717, 1.165) is 24.5 Å². The van der Waals surface area contributed by atoms with E-state index in [4.69, 9.17) is 0 Å². The summed E-state index contributed by atoms with van der Waals surface area (Å²) in [6.07, 6.45) is -2.88. The number of hydrogen-bond donors (Lipinski definition) is 2. The van der Waals surface area contributed by atoms with Crippen molar-refractivity contribution in [2.75, 3.05) is 11.9 Å². The highest BCUT2D eigenvalue weighted by molar-refractivity contribution is 5.57. The first-order valence-electron chi connectivity index (χ1n) is 8.84. The van der Waals surface area contributed by atoms with Gasteiger partial charge < -0.3 is 10.6 Å². The zero-order valence-corrected chi connectivity index (χ0v) is 15.0. The molecule has 0 fully saturated rings. The Bertz CT molecular complexity index is 696. The molecule has 0 bridgehead atoms. The number of anilines is 1. The van der Waals surface area contributed by atoms with Gasteiger partial charge in [0.05, 0.1) is 5.56 Å². The van der Waals surface area contributed by atoms with Gasteiger partial charge in [0.25, 0.3) is 0 Å². The highest BCUT2D eigenvalue weighted by atomic mass is 19.4. The smallest absolute Gasteiger partial charge is 0.381 e. The van der Waals surface area contributed by atoms with E-state index >= 15 is 0 Å². The van der Waals surface area contributed by atoms with Crippen LogP contribution >= 0.6 is 0 Å². The van der Waals surface area contributed by atoms with Crippen LogP contribution in [0.25, 0.3) is 0 Å². The third kappa shape index (κ3) is 5.21. The second-order valence-corrected chi connectivity index (χ2v) is 5.97. The maximum atomic E-state index is 13.1. The Kier molecular flexibility index (Phi) is 7.03. The lowest BCUT2D eigenvalue weighted by molar-refractivity contribution is -0.138. The van der Waals surface area contributed by atoms with Crippen LogP contribution in [-0.2, 0) is 19.1 Å². The van der Waals surface area contributed by atoms with Crippen LogP contribution in [0.3, 0.4) is 0 Å². The van der Waals surface area contributed by atoms with E-state index in [1.54, 1.807) is 18.2 Å². The maximum absolute atomic E-state index is 13.1. The molecule has 0 saturated carbocycles. The van der Waals surface area contributed by atoms with Crippen molar-refractivity contribution in [2.45, 2.75) is 45.5 Å². The van der Waals surface area contributed by atoms with Crippen molar-refractivity contribution in [3.63, 3.8) is 0 Å². The van der Waals surface area contributed by atoms with Crippen LogP contribution in [0.5, 0.6) is 0 Å². The molecule has 2 aromatic rings. The lowest BCUT2D eigenvalue weighted by Crippen LogP contribution is -2.30. The Morgan fingerprint density at radius 2 is 1.73 bits per heavy atom. The lowest BCUT2D eigenvalue weighted by Gasteiger charge is -2.19. The molecular weight excluding hydrogens is 344 g/mol. The van der Waals surface area contributed by atoms with Gasteiger partial charge in [0, 0.05) is 30.4 Å². The summed E-state index contributed by atoms with van der Waals surface area (Å²) < 4.78 is 52.3. The molecule has 1 aliphatic heterocycles. The summed E-state index contributed by atoms with van der Waals surface area (Å²) in [6, 6.07) is 10.5. The van der Waals surface area contributed by atoms with E-state index < -0.39 is 11.7 Å². The minimum atomic E-state index is -4.36. The van der Waals surface area contributed by atoms with Crippen molar-refractivity contribution in [2.24, 2.45) is 0 Å². The molecule has 2 aromatic carbocycles. The molecule has 3 rings (SSSR count). The molecule has 1 unspecified atom stereocenters. The van der Waals surface area contributed by atoms with Crippen molar-refractivity contribution < 1.29 is 17.6 Å². The molecule has 1 heterocycles. The highest BCUT2D eigenvalue weighted by Crippen LogP contribution is 2.36. The van der Waals surface area contributed by atoms with Crippen molar-refractivity contribution in [3.05, 3.63) is 65.0 Å². The number of benzene rings is 2. The molecule has 0 amide bonds. The van der Waals surface area contributed by atoms with Gasteiger partial charge in [-0.2, -0.15) is 13.2 Å². The molecule has 2 nitrogen and oxygen atoms in total. The van der Waals surface area contributed by atoms with E-state index in [9.17, 15) is 17.6 Å². The number of aryl methyl sites for hydroxylation is 1.